The van der Waals surface area contributed by atoms with Crippen molar-refractivity contribution in [1.29, 1.82) is 0 Å². The molecule has 1 amide bonds. The Hall–Kier alpha value is -1.91. The van der Waals surface area contributed by atoms with Crippen molar-refractivity contribution in [2.45, 2.75) is 46.6 Å². The molecule has 0 fully saturated rings. The summed E-state index contributed by atoms with van der Waals surface area (Å²) >= 11 is 3.45. The van der Waals surface area contributed by atoms with Crippen LogP contribution in [0.2, 0.25) is 0 Å². The van der Waals surface area contributed by atoms with Gasteiger partial charge in [0.25, 0.3) is 0 Å². The van der Waals surface area contributed by atoms with Crippen LogP contribution >= 0.6 is 15.9 Å². The third-order valence-corrected chi connectivity index (χ3v) is 5.63. The monoisotopic (exact) mass is 434 g/mol. The predicted octanol–water partition coefficient (Wildman–Crippen LogP) is 2.55. The van der Waals surface area contributed by atoms with Crippen LogP contribution in [-0.4, -0.2) is 41.9 Å². The summed E-state index contributed by atoms with van der Waals surface area (Å²) in [7, 11) is 0. The van der Waals surface area contributed by atoms with Gasteiger partial charge in [0, 0.05) is 18.8 Å². The molecule has 0 saturated carbocycles. The van der Waals surface area contributed by atoms with Crippen LogP contribution in [0.25, 0.3) is 0 Å². The molecule has 2 aromatic heterocycles. The molecule has 7 nitrogen and oxygen atoms in total. The van der Waals surface area contributed by atoms with Gasteiger partial charge in [-0.25, -0.2) is 0 Å². The molecule has 0 spiro atoms. The van der Waals surface area contributed by atoms with Gasteiger partial charge in [0.1, 0.15) is 0 Å². The molecule has 1 aliphatic rings. The third-order valence-electron chi connectivity index (χ3n) is 4.48. The Bertz CT molecular complexity index is 843. The van der Waals surface area contributed by atoms with Crippen molar-refractivity contribution in [3.05, 3.63) is 27.5 Å². The summed E-state index contributed by atoms with van der Waals surface area (Å²) in [6.45, 7) is 6.20. The summed E-state index contributed by atoms with van der Waals surface area (Å²) in [5.74, 6) is -1.37. The summed E-state index contributed by atoms with van der Waals surface area (Å²) in [6.07, 6.45) is -4.55. The number of rotatable bonds is 3. The molecule has 3 heterocycles. The quantitative estimate of drug-likeness (QED) is 0.744. The van der Waals surface area contributed by atoms with Crippen LogP contribution in [-0.2, 0) is 30.6 Å². The smallest absolute Gasteiger partial charge is 0.333 e. The van der Waals surface area contributed by atoms with E-state index in [9.17, 15) is 18.0 Å². The van der Waals surface area contributed by atoms with Crippen molar-refractivity contribution in [1.82, 2.24) is 29.4 Å². The zero-order valence-corrected chi connectivity index (χ0v) is 16.1. The first-order valence-electron chi connectivity index (χ1n) is 8.07. The molecule has 3 rings (SSSR count). The van der Waals surface area contributed by atoms with E-state index in [0.29, 0.717) is 6.54 Å². The highest BCUT2D eigenvalue weighted by Crippen LogP contribution is 2.29. The first-order valence-corrected chi connectivity index (χ1v) is 8.86. The van der Waals surface area contributed by atoms with Gasteiger partial charge in [-0.15, -0.1) is 10.2 Å². The Kier molecular flexibility index (Phi) is 4.84. The summed E-state index contributed by atoms with van der Waals surface area (Å²) in [4.78, 5) is 14.2. The molecule has 26 heavy (non-hydrogen) atoms. The highest BCUT2D eigenvalue weighted by molar-refractivity contribution is 9.10. The van der Waals surface area contributed by atoms with Crippen molar-refractivity contribution in [3.8, 4) is 0 Å². The maximum absolute atomic E-state index is 12.9. The van der Waals surface area contributed by atoms with Crippen LogP contribution in [0.15, 0.2) is 4.47 Å². The lowest BCUT2D eigenvalue weighted by Gasteiger charge is -2.30. The van der Waals surface area contributed by atoms with E-state index in [-0.39, 0.29) is 37.3 Å². The summed E-state index contributed by atoms with van der Waals surface area (Å²) in [6, 6.07) is 0. The van der Waals surface area contributed by atoms with E-state index in [1.807, 2.05) is 13.8 Å². The predicted molar refractivity (Wildman–Crippen MR) is 89.0 cm³/mol. The minimum Gasteiger partial charge on any atom is -0.333 e. The zero-order valence-electron chi connectivity index (χ0n) is 14.5. The fourth-order valence-electron chi connectivity index (χ4n) is 3.06. The SMILES string of the molecule is Cc1nn(CC(C)C(=O)N2CCn3c(nnc3C(F)(F)F)C2)c(C)c1Br. The first kappa shape index (κ1) is 18.9. The lowest BCUT2D eigenvalue weighted by molar-refractivity contribution is -0.148. The minimum absolute atomic E-state index is 0.0209. The highest BCUT2D eigenvalue weighted by atomic mass is 79.9. The third kappa shape index (κ3) is 3.36. The van der Waals surface area contributed by atoms with Gasteiger partial charge in [-0.05, 0) is 29.8 Å². The van der Waals surface area contributed by atoms with Crippen LogP contribution in [0.3, 0.4) is 0 Å². The molecular weight excluding hydrogens is 417 g/mol. The lowest BCUT2D eigenvalue weighted by atomic mass is 10.1. The summed E-state index contributed by atoms with van der Waals surface area (Å²) in [5.41, 5.74) is 1.77. The minimum atomic E-state index is -4.55. The molecule has 0 N–H and O–H groups in total. The number of aryl methyl sites for hydroxylation is 1. The van der Waals surface area contributed by atoms with E-state index in [1.54, 1.807) is 11.6 Å². The Labute approximate surface area is 156 Å². The zero-order chi connectivity index (χ0) is 19.2. The van der Waals surface area contributed by atoms with E-state index in [0.717, 1.165) is 20.4 Å². The average Bonchev–Trinajstić information content (AvgIpc) is 3.10. The highest BCUT2D eigenvalue weighted by Gasteiger charge is 2.40. The van der Waals surface area contributed by atoms with E-state index < -0.39 is 12.0 Å². The topological polar surface area (TPSA) is 68.8 Å². The molecule has 2 aromatic rings. The molecule has 1 aliphatic heterocycles. The molecule has 0 aliphatic carbocycles. The maximum Gasteiger partial charge on any atom is 0.451 e. The van der Waals surface area contributed by atoms with Crippen LogP contribution in [0, 0.1) is 19.8 Å². The number of amides is 1. The number of halogens is 4. The van der Waals surface area contributed by atoms with E-state index in [1.165, 1.54) is 4.90 Å². The van der Waals surface area contributed by atoms with Crippen molar-refractivity contribution < 1.29 is 18.0 Å². The first-order chi connectivity index (χ1) is 12.1. The van der Waals surface area contributed by atoms with Crippen molar-refractivity contribution >= 4 is 21.8 Å². The summed E-state index contributed by atoms with van der Waals surface area (Å²) in [5, 5.41) is 11.2. The van der Waals surface area contributed by atoms with Crippen molar-refractivity contribution in [3.63, 3.8) is 0 Å². The van der Waals surface area contributed by atoms with Crippen LogP contribution in [0.1, 0.15) is 30.0 Å². The van der Waals surface area contributed by atoms with E-state index >= 15 is 0 Å². The van der Waals surface area contributed by atoms with Gasteiger partial charge >= 0.3 is 6.18 Å². The molecular formula is C15H18BrF3N6O. The van der Waals surface area contributed by atoms with Crippen molar-refractivity contribution in [2.24, 2.45) is 5.92 Å². The molecule has 0 radical (unpaired) electrons. The van der Waals surface area contributed by atoms with Gasteiger partial charge in [-0.2, -0.15) is 18.3 Å². The lowest BCUT2D eigenvalue weighted by Crippen LogP contribution is -2.42. The Morgan fingerprint density at radius 3 is 2.54 bits per heavy atom. The standard InChI is InChI=1S/C15H18BrF3N6O/c1-8(6-25-10(3)12(16)9(2)22-25)13(26)23-4-5-24-11(7-23)20-21-14(24)15(17,18)19/h8H,4-7H2,1-3H3. The fraction of sp³-hybridized carbons (Fsp3) is 0.600. The Morgan fingerprint density at radius 2 is 1.96 bits per heavy atom. The second-order valence-electron chi connectivity index (χ2n) is 6.42. The number of fused-ring (bicyclic) bond motifs is 1. The van der Waals surface area contributed by atoms with Gasteiger partial charge < -0.3 is 9.47 Å². The maximum atomic E-state index is 12.9. The van der Waals surface area contributed by atoms with Gasteiger partial charge in [-0.1, -0.05) is 6.92 Å². The number of carbonyl (C=O) groups excluding carboxylic acids is 1. The van der Waals surface area contributed by atoms with E-state index in [2.05, 4.69) is 31.2 Å². The van der Waals surface area contributed by atoms with Gasteiger partial charge in [0.2, 0.25) is 11.7 Å². The molecule has 142 valence electrons. The van der Waals surface area contributed by atoms with Crippen molar-refractivity contribution in [2.75, 3.05) is 6.54 Å². The Balaban J connectivity index is 1.71. The van der Waals surface area contributed by atoms with Gasteiger partial charge in [-0.3, -0.25) is 9.48 Å². The summed E-state index contributed by atoms with van der Waals surface area (Å²) < 4.78 is 42.4. The molecule has 0 aromatic carbocycles. The average molecular weight is 435 g/mol. The molecule has 0 bridgehead atoms. The fourth-order valence-corrected chi connectivity index (χ4v) is 3.34. The molecule has 1 atom stereocenters. The molecule has 0 saturated heterocycles. The number of carbonyl (C=O) groups is 1. The number of alkyl halides is 3. The number of nitrogens with zero attached hydrogens (tertiary/aromatic N) is 6. The number of aromatic nitrogens is 5. The second-order valence-corrected chi connectivity index (χ2v) is 7.21. The van der Waals surface area contributed by atoms with Gasteiger partial charge in [0.05, 0.1) is 29.2 Å². The molecule has 11 heteroatoms. The normalized spacial score (nSPS) is 15.9. The second kappa shape index (κ2) is 6.67. The van der Waals surface area contributed by atoms with Crippen LogP contribution < -0.4 is 0 Å². The number of hydrogen-bond acceptors (Lipinski definition) is 4. The van der Waals surface area contributed by atoms with E-state index in [4.69, 9.17) is 0 Å². The largest absolute Gasteiger partial charge is 0.451 e. The molecule has 1 unspecified atom stereocenters. The Morgan fingerprint density at radius 1 is 1.27 bits per heavy atom. The van der Waals surface area contributed by atoms with Gasteiger partial charge in [0.15, 0.2) is 5.82 Å². The van der Waals surface area contributed by atoms with Crippen LogP contribution in [0.4, 0.5) is 13.2 Å². The van der Waals surface area contributed by atoms with Crippen LogP contribution in [0.5, 0.6) is 0 Å². The number of hydrogen-bond donors (Lipinski definition) is 0.